The fourth-order valence-electron chi connectivity index (χ4n) is 2.15. The van der Waals surface area contributed by atoms with Crippen molar-refractivity contribution in [2.45, 2.75) is 6.42 Å². The van der Waals surface area contributed by atoms with Gasteiger partial charge in [0.15, 0.2) is 0 Å². The molecule has 0 saturated carbocycles. The summed E-state index contributed by atoms with van der Waals surface area (Å²) in [5, 5.41) is 9.51. The molecule has 0 fully saturated rings. The molecule has 0 atom stereocenters. The molecule has 84 valence electrons. The van der Waals surface area contributed by atoms with Crippen molar-refractivity contribution in [3.8, 4) is 5.75 Å². The Labute approximate surface area is 98.9 Å². The smallest absolute Gasteiger partial charge is 0.236 e. The van der Waals surface area contributed by atoms with Gasteiger partial charge in [-0.1, -0.05) is 24.3 Å². The maximum atomic E-state index is 12.0. The summed E-state index contributed by atoms with van der Waals surface area (Å²) in [4.78, 5) is 13.6. The highest BCUT2D eigenvalue weighted by molar-refractivity contribution is 6.07. The van der Waals surface area contributed by atoms with Crippen molar-refractivity contribution >= 4 is 17.3 Å². The van der Waals surface area contributed by atoms with Gasteiger partial charge >= 0.3 is 0 Å². The average Bonchev–Trinajstić information content (AvgIpc) is 2.65. The third-order valence-corrected chi connectivity index (χ3v) is 2.92. The first kappa shape index (κ1) is 9.90. The second kappa shape index (κ2) is 3.63. The van der Waals surface area contributed by atoms with Crippen LogP contribution in [0.15, 0.2) is 48.5 Å². The summed E-state index contributed by atoms with van der Waals surface area (Å²) in [6.45, 7) is 0. The quantitative estimate of drug-likeness (QED) is 0.810. The Bertz CT molecular complexity index is 578. The Morgan fingerprint density at radius 1 is 1.06 bits per heavy atom. The molecule has 1 aliphatic heterocycles. The van der Waals surface area contributed by atoms with Crippen molar-refractivity contribution in [1.82, 2.24) is 0 Å². The highest BCUT2D eigenvalue weighted by Gasteiger charge is 2.28. The second-order valence-electron chi connectivity index (χ2n) is 4.05. The largest absolute Gasteiger partial charge is 0.508 e. The van der Waals surface area contributed by atoms with E-state index in [-0.39, 0.29) is 11.7 Å². The second-order valence-corrected chi connectivity index (χ2v) is 4.05. The summed E-state index contributed by atoms with van der Waals surface area (Å²) in [5.74, 6) is 0.219. The number of nitrogens with zero attached hydrogens (tertiary/aromatic N) is 1. The number of carbonyl (C=O) groups excluding carboxylic acids is 1. The molecule has 0 spiro atoms. The van der Waals surface area contributed by atoms with Crippen LogP contribution in [0.5, 0.6) is 5.75 Å². The maximum absolute atomic E-state index is 12.0. The predicted octanol–water partition coefficient (Wildman–Crippen LogP) is 2.61. The van der Waals surface area contributed by atoms with E-state index < -0.39 is 0 Å². The number of hydrogen-bond donors (Lipinski definition) is 1. The molecule has 1 heterocycles. The van der Waals surface area contributed by atoms with Gasteiger partial charge in [0.2, 0.25) is 5.91 Å². The van der Waals surface area contributed by atoms with Crippen LogP contribution in [-0.4, -0.2) is 11.0 Å². The zero-order valence-electron chi connectivity index (χ0n) is 9.13. The van der Waals surface area contributed by atoms with Gasteiger partial charge in [0.25, 0.3) is 0 Å². The Kier molecular flexibility index (Phi) is 2.11. The maximum Gasteiger partial charge on any atom is 0.236 e. The van der Waals surface area contributed by atoms with E-state index in [0.717, 1.165) is 16.9 Å². The molecule has 0 unspecified atom stereocenters. The van der Waals surface area contributed by atoms with E-state index >= 15 is 0 Å². The van der Waals surface area contributed by atoms with Crippen molar-refractivity contribution < 1.29 is 9.90 Å². The number of hydrogen-bond acceptors (Lipinski definition) is 2. The first-order valence-electron chi connectivity index (χ1n) is 5.45. The molecule has 0 aromatic heterocycles. The van der Waals surface area contributed by atoms with Gasteiger partial charge in [-0.15, -0.1) is 0 Å². The number of amides is 1. The number of phenolic OH excluding ortho intramolecular Hbond substituents is 1. The molecule has 1 amide bonds. The molecular weight excluding hydrogens is 214 g/mol. The van der Waals surface area contributed by atoms with Crippen molar-refractivity contribution in [3.05, 3.63) is 54.1 Å². The summed E-state index contributed by atoms with van der Waals surface area (Å²) < 4.78 is 0. The van der Waals surface area contributed by atoms with E-state index in [1.807, 2.05) is 30.3 Å². The highest BCUT2D eigenvalue weighted by Crippen LogP contribution is 2.37. The van der Waals surface area contributed by atoms with Crippen LogP contribution in [0.3, 0.4) is 0 Å². The molecule has 17 heavy (non-hydrogen) atoms. The first-order valence-corrected chi connectivity index (χ1v) is 5.45. The molecule has 0 radical (unpaired) electrons. The Morgan fingerprint density at radius 3 is 2.59 bits per heavy atom. The van der Waals surface area contributed by atoms with Gasteiger partial charge < -0.3 is 5.11 Å². The number of para-hydroxylation sites is 1. The van der Waals surface area contributed by atoms with E-state index in [9.17, 15) is 9.90 Å². The minimum absolute atomic E-state index is 0.0387. The summed E-state index contributed by atoms with van der Waals surface area (Å²) >= 11 is 0. The third-order valence-electron chi connectivity index (χ3n) is 2.92. The van der Waals surface area contributed by atoms with Gasteiger partial charge in [-0.3, -0.25) is 9.69 Å². The number of benzene rings is 2. The van der Waals surface area contributed by atoms with Gasteiger partial charge in [0.1, 0.15) is 5.75 Å². The normalized spacial score (nSPS) is 13.9. The van der Waals surface area contributed by atoms with Crippen LogP contribution in [0, 0.1) is 0 Å². The van der Waals surface area contributed by atoms with Gasteiger partial charge in [0.05, 0.1) is 12.1 Å². The highest BCUT2D eigenvalue weighted by atomic mass is 16.3. The summed E-state index contributed by atoms with van der Waals surface area (Å²) in [5.41, 5.74) is 2.57. The molecule has 3 heteroatoms. The van der Waals surface area contributed by atoms with Crippen LogP contribution in [-0.2, 0) is 11.2 Å². The monoisotopic (exact) mass is 225 g/mol. The molecule has 1 aliphatic rings. The van der Waals surface area contributed by atoms with Crippen LogP contribution in [0.2, 0.25) is 0 Å². The van der Waals surface area contributed by atoms with Crippen molar-refractivity contribution in [3.63, 3.8) is 0 Å². The SMILES string of the molecule is O=C1Cc2ccc(O)cc2N1c1ccccc1. The molecule has 0 saturated heterocycles. The lowest BCUT2D eigenvalue weighted by atomic mass is 10.1. The number of carbonyl (C=O) groups is 1. The standard InChI is InChI=1S/C14H11NO2/c16-12-7-6-10-8-14(17)15(13(10)9-12)11-4-2-1-3-5-11/h1-7,9,16H,8H2. The van der Waals surface area contributed by atoms with Gasteiger partial charge in [-0.25, -0.2) is 0 Å². The summed E-state index contributed by atoms with van der Waals surface area (Å²) in [7, 11) is 0. The van der Waals surface area contributed by atoms with Crippen molar-refractivity contribution in [2.24, 2.45) is 0 Å². The van der Waals surface area contributed by atoms with Crippen LogP contribution < -0.4 is 4.90 Å². The molecule has 0 bridgehead atoms. The number of rotatable bonds is 1. The van der Waals surface area contributed by atoms with Gasteiger partial charge in [-0.05, 0) is 23.8 Å². The molecule has 2 aromatic carbocycles. The molecule has 1 N–H and O–H groups in total. The Balaban J connectivity index is 2.14. The number of anilines is 2. The predicted molar refractivity (Wildman–Crippen MR) is 65.4 cm³/mol. The molecule has 3 nitrogen and oxygen atoms in total. The van der Waals surface area contributed by atoms with Crippen molar-refractivity contribution in [2.75, 3.05) is 4.90 Å². The Morgan fingerprint density at radius 2 is 1.82 bits per heavy atom. The Hall–Kier alpha value is -2.29. The van der Waals surface area contributed by atoms with Gasteiger partial charge in [0, 0.05) is 11.8 Å². The van der Waals surface area contributed by atoms with E-state index in [4.69, 9.17) is 0 Å². The fraction of sp³-hybridized carbons (Fsp3) is 0.0714. The molecule has 2 aromatic rings. The topological polar surface area (TPSA) is 40.5 Å². The lowest BCUT2D eigenvalue weighted by molar-refractivity contribution is -0.116. The van der Waals surface area contributed by atoms with Gasteiger partial charge in [-0.2, -0.15) is 0 Å². The first-order chi connectivity index (χ1) is 8.25. The third kappa shape index (κ3) is 1.56. The van der Waals surface area contributed by atoms with E-state index in [1.165, 1.54) is 0 Å². The zero-order valence-corrected chi connectivity index (χ0v) is 9.13. The minimum Gasteiger partial charge on any atom is -0.508 e. The molecular formula is C14H11NO2. The lowest BCUT2D eigenvalue weighted by Crippen LogP contribution is -2.20. The van der Waals surface area contributed by atoms with Crippen LogP contribution in [0.1, 0.15) is 5.56 Å². The molecule has 0 aliphatic carbocycles. The van der Waals surface area contributed by atoms with Crippen LogP contribution >= 0.6 is 0 Å². The van der Waals surface area contributed by atoms with Crippen molar-refractivity contribution in [1.29, 1.82) is 0 Å². The number of phenols is 1. The van der Waals surface area contributed by atoms with Crippen LogP contribution in [0.25, 0.3) is 0 Å². The number of fused-ring (bicyclic) bond motifs is 1. The summed E-state index contributed by atoms with van der Waals surface area (Å²) in [6.07, 6.45) is 0.393. The van der Waals surface area contributed by atoms with Crippen LogP contribution in [0.4, 0.5) is 11.4 Å². The fourth-order valence-corrected chi connectivity index (χ4v) is 2.15. The van der Waals surface area contributed by atoms with E-state index in [1.54, 1.807) is 23.1 Å². The number of aromatic hydroxyl groups is 1. The zero-order chi connectivity index (χ0) is 11.8. The lowest BCUT2D eigenvalue weighted by Gasteiger charge is -2.17. The van der Waals surface area contributed by atoms with E-state index in [0.29, 0.717) is 6.42 Å². The molecule has 3 rings (SSSR count). The van der Waals surface area contributed by atoms with E-state index in [2.05, 4.69) is 0 Å². The average molecular weight is 225 g/mol. The minimum atomic E-state index is 0.0387. The summed E-state index contributed by atoms with van der Waals surface area (Å²) in [6, 6.07) is 14.5.